The Morgan fingerprint density at radius 2 is 2.00 bits per heavy atom. The largest absolute Gasteiger partial charge is 0.384 e. The molecule has 0 aliphatic heterocycles. The summed E-state index contributed by atoms with van der Waals surface area (Å²) in [5.41, 5.74) is -1.45. The first-order chi connectivity index (χ1) is 9.15. The van der Waals surface area contributed by atoms with Gasteiger partial charge in [-0.05, 0) is 47.2 Å². The van der Waals surface area contributed by atoms with E-state index in [-0.39, 0.29) is 15.9 Å². The van der Waals surface area contributed by atoms with E-state index in [0.717, 1.165) is 19.3 Å². The fourth-order valence-electron chi connectivity index (χ4n) is 4.74. The van der Waals surface area contributed by atoms with Gasteiger partial charge in [-0.25, -0.2) is 4.39 Å². The lowest BCUT2D eigenvalue weighted by Gasteiger charge is -2.51. The molecular weight excluding hydrogens is 343 g/mol. The summed E-state index contributed by atoms with van der Waals surface area (Å²) in [5, 5.41) is 11.6. The summed E-state index contributed by atoms with van der Waals surface area (Å²) in [6, 6.07) is 3.41. The van der Waals surface area contributed by atoms with Crippen molar-refractivity contribution >= 4 is 27.5 Å². The molecule has 0 aromatic heterocycles. The first-order valence-electron chi connectivity index (χ1n) is 7.01. The molecule has 2 aliphatic carbocycles. The van der Waals surface area contributed by atoms with E-state index >= 15 is 0 Å². The number of aliphatic hydroxyl groups is 1. The quantitative estimate of drug-likeness (QED) is 0.675. The van der Waals surface area contributed by atoms with Crippen molar-refractivity contribution in [2.45, 2.75) is 45.6 Å². The number of hydrogen-bond donors (Lipinski definition) is 1. The molecule has 0 amide bonds. The van der Waals surface area contributed by atoms with Gasteiger partial charge in [-0.3, -0.25) is 0 Å². The Labute approximate surface area is 132 Å². The van der Waals surface area contributed by atoms with Gasteiger partial charge in [-0.1, -0.05) is 38.4 Å². The predicted octanol–water partition coefficient (Wildman–Crippen LogP) is 5.28. The van der Waals surface area contributed by atoms with Gasteiger partial charge in [0.2, 0.25) is 0 Å². The summed E-state index contributed by atoms with van der Waals surface area (Å²) in [5.74, 6) is -0.0651. The fourth-order valence-corrected chi connectivity index (χ4v) is 5.21. The molecule has 4 heteroatoms. The van der Waals surface area contributed by atoms with Crippen LogP contribution < -0.4 is 0 Å². The minimum atomic E-state index is -1.17. The Hall–Kier alpha value is -0.120. The van der Waals surface area contributed by atoms with Gasteiger partial charge in [0.25, 0.3) is 0 Å². The highest BCUT2D eigenvalue weighted by atomic mass is 79.9. The van der Waals surface area contributed by atoms with Crippen LogP contribution in [0.1, 0.15) is 45.6 Å². The summed E-state index contributed by atoms with van der Waals surface area (Å²) < 4.78 is 15.2. The highest BCUT2D eigenvalue weighted by molar-refractivity contribution is 9.10. The summed E-state index contributed by atoms with van der Waals surface area (Å²) in [6.07, 6.45) is 2.99. The number of benzene rings is 1. The molecule has 2 aliphatic rings. The van der Waals surface area contributed by atoms with Crippen LogP contribution in [0, 0.1) is 22.6 Å². The molecule has 1 aromatic carbocycles. The van der Waals surface area contributed by atoms with E-state index in [2.05, 4.69) is 36.7 Å². The molecule has 20 heavy (non-hydrogen) atoms. The molecule has 2 saturated carbocycles. The van der Waals surface area contributed by atoms with E-state index in [1.165, 1.54) is 0 Å². The maximum atomic E-state index is 14.7. The maximum Gasteiger partial charge on any atom is 0.149 e. The van der Waals surface area contributed by atoms with E-state index in [0.29, 0.717) is 16.0 Å². The van der Waals surface area contributed by atoms with Crippen LogP contribution in [-0.4, -0.2) is 5.11 Å². The van der Waals surface area contributed by atoms with Crippen LogP contribution in [0.2, 0.25) is 5.02 Å². The molecule has 0 spiro atoms. The third-order valence-corrected chi connectivity index (χ3v) is 7.25. The zero-order valence-electron chi connectivity index (χ0n) is 11.9. The average molecular weight is 362 g/mol. The Morgan fingerprint density at radius 1 is 1.35 bits per heavy atom. The topological polar surface area (TPSA) is 20.2 Å². The van der Waals surface area contributed by atoms with Crippen LogP contribution in [0.25, 0.3) is 0 Å². The second-order valence-corrected chi connectivity index (χ2v) is 8.39. The molecule has 3 rings (SSSR count). The molecule has 1 aromatic rings. The maximum absolute atomic E-state index is 14.7. The molecule has 1 N–H and O–H groups in total. The number of rotatable bonds is 1. The second kappa shape index (κ2) is 4.21. The SMILES string of the molecule is CC12CCC(C1)C(C)(C)C2(O)c1ccc(Br)c(Cl)c1F. The van der Waals surface area contributed by atoms with E-state index < -0.39 is 11.4 Å². The van der Waals surface area contributed by atoms with E-state index in [1.807, 2.05) is 0 Å². The molecule has 1 nitrogen and oxygen atoms in total. The van der Waals surface area contributed by atoms with Crippen LogP contribution >= 0.6 is 27.5 Å². The van der Waals surface area contributed by atoms with Crippen molar-refractivity contribution in [1.29, 1.82) is 0 Å². The molecule has 0 saturated heterocycles. The minimum Gasteiger partial charge on any atom is -0.384 e. The van der Waals surface area contributed by atoms with Crippen molar-refractivity contribution in [2.75, 3.05) is 0 Å². The zero-order chi connectivity index (χ0) is 14.9. The van der Waals surface area contributed by atoms with Gasteiger partial charge >= 0.3 is 0 Å². The molecule has 110 valence electrons. The van der Waals surface area contributed by atoms with Gasteiger partial charge in [-0.2, -0.15) is 0 Å². The van der Waals surface area contributed by atoms with E-state index in [9.17, 15) is 9.50 Å². The summed E-state index contributed by atoms with van der Waals surface area (Å²) in [4.78, 5) is 0. The highest BCUT2D eigenvalue weighted by Crippen LogP contribution is 2.72. The summed E-state index contributed by atoms with van der Waals surface area (Å²) in [6.45, 7) is 6.19. The lowest BCUT2D eigenvalue weighted by atomic mass is 9.57. The molecule has 0 radical (unpaired) electrons. The van der Waals surface area contributed by atoms with Crippen molar-refractivity contribution < 1.29 is 9.50 Å². The van der Waals surface area contributed by atoms with Crippen LogP contribution in [0.15, 0.2) is 16.6 Å². The smallest absolute Gasteiger partial charge is 0.149 e. The summed E-state index contributed by atoms with van der Waals surface area (Å²) >= 11 is 9.27. The van der Waals surface area contributed by atoms with Gasteiger partial charge < -0.3 is 5.11 Å². The van der Waals surface area contributed by atoms with Gasteiger partial charge in [0, 0.05) is 20.9 Å². The molecule has 2 bridgehead atoms. The normalized spacial score (nSPS) is 38.5. The standard InChI is InChI=1S/C16H19BrClFO/c1-14(2)9-6-7-15(3,8-9)16(14,20)10-4-5-11(17)12(18)13(10)19/h4-5,9,20H,6-8H2,1-3H3. The van der Waals surface area contributed by atoms with Crippen molar-refractivity contribution in [3.8, 4) is 0 Å². The summed E-state index contributed by atoms with van der Waals surface area (Å²) in [7, 11) is 0. The third kappa shape index (κ3) is 1.52. The minimum absolute atomic E-state index is 0.0538. The number of hydrogen-bond acceptors (Lipinski definition) is 1. The van der Waals surface area contributed by atoms with Crippen LogP contribution in [0.3, 0.4) is 0 Å². The van der Waals surface area contributed by atoms with Gasteiger partial charge in [0.05, 0.1) is 5.02 Å². The number of fused-ring (bicyclic) bond motifs is 2. The highest BCUT2D eigenvalue weighted by Gasteiger charge is 2.69. The van der Waals surface area contributed by atoms with Crippen molar-refractivity contribution in [3.05, 3.63) is 33.0 Å². The van der Waals surface area contributed by atoms with Crippen molar-refractivity contribution in [1.82, 2.24) is 0 Å². The van der Waals surface area contributed by atoms with Crippen LogP contribution in [-0.2, 0) is 5.60 Å². The Bertz CT molecular complexity index is 581. The third-order valence-electron chi connectivity index (χ3n) is 5.99. The van der Waals surface area contributed by atoms with Crippen molar-refractivity contribution in [2.24, 2.45) is 16.7 Å². The Kier molecular flexibility index (Phi) is 3.11. The van der Waals surface area contributed by atoms with E-state index in [1.54, 1.807) is 12.1 Å². The van der Waals surface area contributed by atoms with E-state index in [4.69, 9.17) is 11.6 Å². The van der Waals surface area contributed by atoms with Crippen LogP contribution in [0.4, 0.5) is 4.39 Å². The van der Waals surface area contributed by atoms with Crippen LogP contribution in [0.5, 0.6) is 0 Å². The Balaban J connectivity index is 2.25. The lowest BCUT2D eigenvalue weighted by molar-refractivity contribution is -0.152. The zero-order valence-corrected chi connectivity index (χ0v) is 14.3. The first kappa shape index (κ1) is 14.8. The van der Waals surface area contributed by atoms with Gasteiger partial charge in [-0.15, -0.1) is 0 Å². The molecule has 3 unspecified atom stereocenters. The van der Waals surface area contributed by atoms with Crippen molar-refractivity contribution in [3.63, 3.8) is 0 Å². The Morgan fingerprint density at radius 3 is 2.55 bits per heavy atom. The number of halogens is 3. The monoisotopic (exact) mass is 360 g/mol. The lowest BCUT2D eigenvalue weighted by Crippen LogP contribution is -2.51. The molecule has 2 fully saturated rings. The predicted molar refractivity (Wildman–Crippen MR) is 82.2 cm³/mol. The van der Waals surface area contributed by atoms with Gasteiger partial charge in [0.1, 0.15) is 11.4 Å². The molecular formula is C16H19BrClFO. The second-order valence-electron chi connectivity index (χ2n) is 7.16. The fraction of sp³-hybridized carbons (Fsp3) is 0.625. The molecule has 3 atom stereocenters. The first-order valence-corrected chi connectivity index (χ1v) is 8.18. The molecule has 0 heterocycles. The van der Waals surface area contributed by atoms with Gasteiger partial charge in [0.15, 0.2) is 0 Å². The average Bonchev–Trinajstić information content (AvgIpc) is 2.84.